The Morgan fingerprint density at radius 1 is 1.43 bits per heavy atom. The molecule has 1 fully saturated rings. The highest BCUT2D eigenvalue weighted by Gasteiger charge is 2.36. The molecule has 1 atom stereocenters. The molecule has 3 rings (SSSR count). The van der Waals surface area contributed by atoms with Gasteiger partial charge in [-0.3, -0.25) is 0 Å². The third-order valence-electron chi connectivity index (χ3n) is 4.54. The van der Waals surface area contributed by atoms with E-state index in [9.17, 15) is 18.0 Å². The summed E-state index contributed by atoms with van der Waals surface area (Å²) in [6, 6.07) is 0. The van der Waals surface area contributed by atoms with Crippen LogP contribution in [0.25, 0.3) is 0 Å². The van der Waals surface area contributed by atoms with Crippen molar-refractivity contribution in [3.05, 3.63) is 17.7 Å². The third kappa shape index (κ3) is 3.61. The van der Waals surface area contributed by atoms with Gasteiger partial charge in [0.25, 0.3) is 0 Å². The van der Waals surface area contributed by atoms with Crippen molar-refractivity contribution in [2.24, 2.45) is 5.92 Å². The van der Waals surface area contributed by atoms with Gasteiger partial charge in [0.2, 0.25) is 0 Å². The summed E-state index contributed by atoms with van der Waals surface area (Å²) < 4.78 is 45.0. The first kappa shape index (κ1) is 16.1. The summed E-state index contributed by atoms with van der Waals surface area (Å²) in [4.78, 5) is 17.1. The van der Waals surface area contributed by atoms with Gasteiger partial charge in [0.15, 0.2) is 5.69 Å². The van der Waals surface area contributed by atoms with Gasteiger partial charge in [-0.25, -0.2) is 9.78 Å². The molecule has 128 valence electrons. The second kappa shape index (κ2) is 6.05. The minimum absolute atomic E-state index is 0.0332. The number of ether oxygens (including phenoxy) is 1. The molecular formula is C15H20F3N3O2. The summed E-state index contributed by atoms with van der Waals surface area (Å²) in [5.41, 5.74) is -0.842. The Morgan fingerprint density at radius 3 is 2.78 bits per heavy atom. The zero-order valence-corrected chi connectivity index (χ0v) is 13.0. The van der Waals surface area contributed by atoms with E-state index < -0.39 is 11.9 Å². The summed E-state index contributed by atoms with van der Waals surface area (Å²) in [7, 11) is 1.67. The molecule has 1 aromatic rings. The molecule has 2 heterocycles. The van der Waals surface area contributed by atoms with Crippen molar-refractivity contribution in [2.75, 3.05) is 13.6 Å². The average Bonchev–Trinajstić information content (AvgIpc) is 2.85. The first-order chi connectivity index (χ1) is 10.8. The van der Waals surface area contributed by atoms with Crippen molar-refractivity contribution < 1.29 is 22.7 Å². The number of nitrogens with zero attached hydrogens (tertiary/aromatic N) is 3. The van der Waals surface area contributed by atoms with E-state index in [0.717, 1.165) is 31.9 Å². The Bertz CT molecular complexity index is 581. The van der Waals surface area contributed by atoms with Crippen molar-refractivity contribution in [3.63, 3.8) is 0 Å². The van der Waals surface area contributed by atoms with Crippen molar-refractivity contribution in [1.82, 2.24) is 14.5 Å². The van der Waals surface area contributed by atoms with Crippen molar-refractivity contribution >= 4 is 6.09 Å². The van der Waals surface area contributed by atoms with Gasteiger partial charge < -0.3 is 14.2 Å². The summed E-state index contributed by atoms with van der Waals surface area (Å²) in [5.74, 6) is 0.574. The van der Waals surface area contributed by atoms with Gasteiger partial charge in [-0.2, -0.15) is 13.2 Å². The van der Waals surface area contributed by atoms with E-state index in [4.69, 9.17) is 4.74 Å². The van der Waals surface area contributed by atoms with Crippen LogP contribution in [0.4, 0.5) is 18.0 Å². The largest absolute Gasteiger partial charge is 0.446 e. The number of aromatic nitrogens is 2. The minimum Gasteiger partial charge on any atom is -0.446 e. The molecule has 0 spiro atoms. The topological polar surface area (TPSA) is 47.4 Å². The van der Waals surface area contributed by atoms with Crippen LogP contribution in [0.2, 0.25) is 0 Å². The van der Waals surface area contributed by atoms with Gasteiger partial charge in [0.1, 0.15) is 11.9 Å². The van der Waals surface area contributed by atoms with E-state index in [-0.39, 0.29) is 18.1 Å². The maximum atomic E-state index is 12.7. The highest BCUT2D eigenvalue weighted by atomic mass is 19.4. The van der Waals surface area contributed by atoms with Crippen LogP contribution < -0.4 is 0 Å². The predicted octanol–water partition coefficient (Wildman–Crippen LogP) is 3.09. The van der Waals surface area contributed by atoms with E-state index >= 15 is 0 Å². The fraction of sp³-hybridized carbons (Fsp3) is 0.733. The van der Waals surface area contributed by atoms with E-state index in [0.29, 0.717) is 25.3 Å². The summed E-state index contributed by atoms with van der Waals surface area (Å²) in [6.45, 7) is 0.921. The van der Waals surface area contributed by atoms with Gasteiger partial charge in [-0.15, -0.1) is 0 Å². The fourth-order valence-electron chi connectivity index (χ4n) is 2.98. The van der Waals surface area contributed by atoms with Crippen LogP contribution >= 0.6 is 0 Å². The van der Waals surface area contributed by atoms with Crippen molar-refractivity contribution in [3.8, 4) is 0 Å². The summed E-state index contributed by atoms with van der Waals surface area (Å²) >= 11 is 0. The van der Waals surface area contributed by atoms with Crippen LogP contribution in [0, 0.1) is 5.92 Å². The Labute approximate surface area is 132 Å². The van der Waals surface area contributed by atoms with E-state index in [1.54, 1.807) is 11.6 Å². The van der Waals surface area contributed by atoms with Crippen LogP contribution in [-0.4, -0.2) is 40.2 Å². The highest BCUT2D eigenvalue weighted by molar-refractivity contribution is 5.67. The van der Waals surface area contributed by atoms with Crippen molar-refractivity contribution in [1.29, 1.82) is 0 Å². The monoisotopic (exact) mass is 331 g/mol. The molecule has 0 saturated heterocycles. The molecule has 2 aliphatic rings. The van der Waals surface area contributed by atoms with E-state index in [1.807, 2.05) is 0 Å². The number of hydrogen-bond donors (Lipinski definition) is 0. The van der Waals surface area contributed by atoms with Gasteiger partial charge in [-0.05, 0) is 31.6 Å². The highest BCUT2D eigenvalue weighted by Crippen LogP contribution is 2.31. The summed E-state index contributed by atoms with van der Waals surface area (Å²) in [5, 5.41) is 0. The van der Waals surface area contributed by atoms with Crippen molar-refractivity contribution in [2.45, 2.75) is 50.9 Å². The first-order valence-corrected chi connectivity index (χ1v) is 7.88. The molecule has 1 amide bonds. The average molecular weight is 331 g/mol. The SMILES string of the molecule is CN(CC1CCc2nc(C(F)(F)F)cn2C1)C(=O)OC1CCC1. The molecule has 0 aromatic carbocycles. The number of imidazole rings is 1. The third-order valence-corrected chi connectivity index (χ3v) is 4.54. The number of amides is 1. The minimum atomic E-state index is -4.41. The number of hydrogen-bond acceptors (Lipinski definition) is 3. The zero-order chi connectivity index (χ0) is 16.6. The second-order valence-electron chi connectivity index (χ2n) is 6.41. The van der Waals surface area contributed by atoms with Gasteiger partial charge in [0, 0.05) is 32.8 Å². The Hall–Kier alpha value is -1.73. The molecule has 0 bridgehead atoms. The number of alkyl halides is 3. The molecule has 1 aromatic heterocycles. The Morgan fingerprint density at radius 2 is 2.17 bits per heavy atom. The van der Waals surface area contributed by atoms with Gasteiger partial charge in [-0.1, -0.05) is 0 Å². The number of carbonyl (C=O) groups excluding carboxylic acids is 1. The maximum Gasteiger partial charge on any atom is 0.434 e. The fourth-order valence-corrected chi connectivity index (χ4v) is 2.98. The lowest BCUT2D eigenvalue weighted by Crippen LogP contribution is -2.38. The number of halogens is 3. The molecule has 1 aliphatic heterocycles. The van der Waals surface area contributed by atoms with E-state index in [2.05, 4.69) is 4.98 Å². The van der Waals surface area contributed by atoms with Crippen LogP contribution in [-0.2, 0) is 23.9 Å². The lowest BCUT2D eigenvalue weighted by molar-refractivity contribution is -0.141. The first-order valence-electron chi connectivity index (χ1n) is 7.88. The van der Waals surface area contributed by atoms with E-state index in [1.165, 1.54) is 4.90 Å². The maximum absolute atomic E-state index is 12.7. The predicted molar refractivity (Wildman–Crippen MR) is 75.8 cm³/mol. The van der Waals surface area contributed by atoms with Crippen LogP contribution in [0.5, 0.6) is 0 Å². The van der Waals surface area contributed by atoms with Crippen LogP contribution in [0.3, 0.4) is 0 Å². The molecule has 1 unspecified atom stereocenters. The normalized spacial score (nSPS) is 21.5. The van der Waals surface area contributed by atoms with Gasteiger partial charge >= 0.3 is 12.3 Å². The molecule has 1 saturated carbocycles. The zero-order valence-electron chi connectivity index (χ0n) is 13.0. The Kier molecular flexibility index (Phi) is 4.25. The molecule has 0 radical (unpaired) electrons. The molecule has 23 heavy (non-hydrogen) atoms. The quantitative estimate of drug-likeness (QED) is 0.855. The van der Waals surface area contributed by atoms with Crippen LogP contribution in [0.1, 0.15) is 37.2 Å². The number of rotatable bonds is 3. The molecule has 5 nitrogen and oxygen atoms in total. The summed E-state index contributed by atoms with van der Waals surface area (Å²) in [6.07, 6.45) is 0.477. The number of fused-ring (bicyclic) bond motifs is 1. The lowest BCUT2D eigenvalue weighted by Gasteiger charge is -2.31. The lowest BCUT2D eigenvalue weighted by atomic mass is 9.96. The standard InChI is InChI=1S/C15H20F3N3O2/c1-20(14(22)23-11-3-2-4-11)7-10-5-6-13-19-12(15(16,17)18)9-21(13)8-10/h9-11H,2-8H2,1H3. The van der Waals surface area contributed by atoms with Crippen LogP contribution in [0.15, 0.2) is 6.20 Å². The Balaban J connectivity index is 1.56. The number of aryl methyl sites for hydroxylation is 1. The second-order valence-corrected chi connectivity index (χ2v) is 6.41. The number of carbonyl (C=O) groups is 1. The molecular weight excluding hydrogens is 311 g/mol. The molecule has 8 heteroatoms. The smallest absolute Gasteiger partial charge is 0.434 e. The molecule has 1 aliphatic carbocycles. The van der Waals surface area contributed by atoms with Gasteiger partial charge in [0.05, 0.1) is 0 Å². The molecule has 0 N–H and O–H groups in total.